The van der Waals surface area contributed by atoms with Gasteiger partial charge in [0, 0.05) is 30.7 Å². The summed E-state index contributed by atoms with van der Waals surface area (Å²) in [5, 5.41) is 3.86. The molecule has 0 bridgehead atoms. The fourth-order valence-corrected chi connectivity index (χ4v) is 4.72. The number of benzene rings is 2. The van der Waals surface area contributed by atoms with Crippen molar-refractivity contribution >= 4 is 11.7 Å². The van der Waals surface area contributed by atoms with Gasteiger partial charge in [0.1, 0.15) is 5.75 Å². The average molecular weight is 363 g/mol. The zero-order valence-corrected chi connectivity index (χ0v) is 15.6. The molecule has 27 heavy (non-hydrogen) atoms. The van der Waals surface area contributed by atoms with Crippen LogP contribution in [-0.2, 0) is 9.53 Å². The maximum Gasteiger partial charge on any atom is 0.308 e. The van der Waals surface area contributed by atoms with Crippen LogP contribution in [0.2, 0.25) is 0 Å². The van der Waals surface area contributed by atoms with Crippen molar-refractivity contribution in [1.29, 1.82) is 0 Å². The van der Waals surface area contributed by atoms with Gasteiger partial charge in [-0.05, 0) is 54.9 Å². The fraction of sp³-hybridized carbons (Fsp3) is 0.435. The summed E-state index contributed by atoms with van der Waals surface area (Å²) in [7, 11) is 0. The number of fused-ring (bicyclic) bond motifs is 3. The molecule has 0 radical (unpaired) electrons. The Morgan fingerprint density at radius 1 is 1.11 bits per heavy atom. The first-order chi connectivity index (χ1) is 13.2. The van der Waals surface area contributed by atoms with Crippen molar-refractivity contribution in [2.75, 3.05) is 11.9 Å². The van der Waals surface area contributed by atoms with E-state index >= 15 is 0 Å². The Kier molecular flexibility index (Phi) is 4.16. The van der Waals surface area contributed by atoms with E-state index in [0.29, 0.717) is 17.6 Å². The quantitative estimate of drug-likeness (QED) is 0.607. The summed E-state index contributed by atoms with van der Waals surface area (Å²) < 4.78 is 11.6. The Morgan fingerprint density at radius 3 is 2.74 bits per heavy atom. The predicted octanol–water partition coefficient (Wildman–Crippen LogP) is 5.12. The minimum Gasteiger partial charge on any atom is -0.427 e. The highest BCUT2D eigenvalue weighted by molar-refractivity contribution is 5.69. The number of rotatable bonds is 3. The van der Waals surface area contributed by atoms with Gasteiger partial charge in [-0.25, -0.2) is 0 Å². The second-order valence-electron chi connectivity index (χ2n) is 7.97. The molecule has 2 heterocycles. The molecule has 0 amide bonds. The van der Waals surface area contributed by atoms with Gasteiger partial charge < -0.3 is 14.8 Å². The lowest BCUT2D eigenvalue weighted by Crippen LogP contribution is -2.36. The largest absolute Gasteiger partial charge is 0.427 e. The van der Waals surface area contributed by atoms with E-state index in [0.717, 1.165) is 25.0 Å². The van der Waals surface area contributed by atoms with Crippen molar-refractivity contribution in [3.05, 3.63) is 59.2 Å². The molecule has 1 saturated carbocycles. The van der Waals surface area contributed by atoms with Crippen molar-refractivity contribution < 1.29 is 14.3 Å². The zero-order valence-electron chi connectivity index (χ0n) is 15.6. The average Bonchev–Trinajstić information content (AvgIpc) is 3.52. The number of carbonyl (C=O) groups is 1. The Morgan fingerprint density at radius 2 is 1.93 bits per heavy atom. The highest BCUT2D eigenvalue weighted by Crippen LogP contribution is 2.53. The van der Waals surface area contributed by atoms with Crippen molar-refractivity contribution in [2.45, 2.75) is 50.7 Å². The lowest BCUT2D eigenvalue weighted by Gasteiger charge is -2.44. The molecule has 2 fully saturated rings. The van der Waals surface area contributed by atoms with E-state index in [4.69, 9.17) is 9.47 Å². The Bertz CT molecular complexity index is 874. The van der Waals surface area contributed by atoms with Crippen molar-refractivity contribution in [1.82, 2.24) is 0 Å². The molecule has 3 aliphatic rings. The van der Waals surface area contributed by atoms with E-state index in [1.165, 1.54) is 36.6 Å². The van der Waals surface area contributed by atoms with E-state index < -0.39 is 0 Å². The summed E-state index contributed by atoms with van der Waals surface area (Å²) in [6.07, 6.45) is 4.91. The zero-order chi connectivity index (χ0) is 18.4. The van der Waals surface area contributed by atoms with Crippen LogP contribution in [0.5, 0.6) is 5.75 Å². The summed E-state index contributed by atoms with van der Waals surface area (Å²) >= 11 is 0. The SMILES string of the molecule is CC(=O)Oc1cccc(C2Nc3c(C4CC4)cccc3C3OCCCC23)c1. The second kappa shape index (κ2) is 6.68. The molecule has 0 spiro atoms. The van der Waals surface area contributed by atoms with Crippen molar-refractivity contribution in [3.63, 3.8) is 0 Å². The summed E-state index contributed by atoms with van der Waals surface area (Å²) in [5.74, 6) is 1.38. The molecule has 3 unspecified atom stereocenters. The van der Waals surface area contributed by atoms with E-state index in [-0.39, 0.29) is 18.1 Å². The molecule has 4 heteroatoms. The first-order valence-corrected chi connectivity index (χ1v) is 10.00. The predicted molar refractivity (Wildman–Crippen MR) is 104 cm³/mol. The number of nitrogens with one attached hydrogen (secondary N) is 1. The number of hydrogen-bond acceptors (Lipinski definition) is 4. The van der Waals surface area contributed by atoms with Crippen molar-refractivity contribution in [2.24, 2.45) is 5.92 Å². The number of hydrogen-bond donors (Lipinski definition) is 1. The molecule has 0 aromatic heterocycles. The first kappa shape index (κ1) is 16.8. The summed E-state index contributed by atoms with van der Waals surface area (Å²) in [5.41, 5.74) is 5.18. The van der Waals surface area contributed by atoms with Crippen LogP contribution < -0.4 is 10.1 Å². The molecule has 140 valence electrons. The number of ether oxygens (including phenoxy) is 2. The lowest BCUT2D eigenvalue weighted by atomic mass is 9.76. The van der Waals surface area contributed by atoms with E-state index in [9.17, 15) is 4.79 Å². The molecule has 3 atom stereocenters. The van der Waals surface area contributed by atoms with Crippen LogP contribution in [0.1, 0.15) is 67.4 Å². The molecule has 5 rings (SSSR count). The molecule has 2 aromatic carbocycles. The monoisotopic (exact) mass is 363 g/mol. The van der Waals surface area contributed by atoms with Gasteiger partial charge >= 0.3 is 5.97 Å². The standard InChI is InChI=1S/C23H25NO3/c1-14(25)27-17-6-2-5-16(13-17)21-19-9-4-12-26-23(19)20-8-3-7-18(15-10-11-15)22(20)24-21/h2-3,5-8,13,15,19,21,23-24H,4,9-12H2,1H3. The van der Waals surface area contributed by atoms with E-state index in [1.54, 1.807) is 0 Å². The van der Waals surface area contributed by atoms with Gasteiger partial charge in [-0.1, -0.05) is 30.3 Å². The first-order valence-electron chi connectivity index (χ1n) is 10.00. The fourth-order valence-electron chi connectivity index (χ4n) is 4.72. The highest BCUT2D eigenvalue weighted by atomic mass is 16.5. The summed E-state index contributed by atoms with van der Waals surface area (Å²) in [6, 6.07) is 14.8. The van der Waals surface area contributed by atoms with Crippen LogP contribution >= 0.6 is 0 Å². The maximum absolute atomic E-state index is 11.4. The number of para-hydroxylation sites is 1. The highest BCUT2D eigenvalue weighted by Gasteiger charge is 2.41. The van der Waals surface area contributed by atoms with Gasteiger partial charge in [-0.2, -0.15) is 0 Å². The molecule has 2 aliphatic heterocycles. The van der Waals surface area contributed by atoms with Crippen LogP contribution in [-0.4, -0.2) is 12.6 Å². The van der Waals surface area contributed by atoms with Gasteiger partial charge in [0.15, 0.2) is 0 Å². The Balaban J connectivity index is 1.56. The minimum absolute atomic E-state index is 0.135. The van der Waals surface area contributed by atoms with Gasteiger partial charge in [-0.15, -0.1) is 0 Å². The summed E-state index contributed by atoms with van der Waals surface area (Å²) in [4.78, 5) is 11.4. The van der Waals surface area contributed by atoms with E-state index in [2.05, 4.69) is 29.6 Å². The van der Waals surface area contributed by atoms with Crippen molar-refractivity contribution in [3.8, 4) is 5.75 Å². The van der Waals surface area contributed by atoms with Gasteiger partial charge in [0.25, 0.3) is 0 Å². The smallest absolute Gasteiger partial charge is 0.308 e. The molecule has 1 aliphatic carbocycles. The third-order valence-electron chi connectivity index (χ3n) is 6.03. The minimum atomic E-state index is -0.288. The number of anilines is 1. The van der Waals surface area contributed by atoms with Crippen LogP contribution in [0.25, 0.3) is 0 Å². The van der Waals surface area contributed by atoms with Crippen LogP contribution in [0.3, 0.4) is 0 Å². The summed E-state index contributed by atoms with van der Waals surface area (Å²) in [6.45, 7) is 2.27. The van der Waals surface area contributed by atoms with Crippen LogP contribution in [0, 0.1) is 5.92 Å². The molecular formula is C23H25NO3. The molecular weight excluding hydrogens is 338 g/mol. The number of carbonyl (C=O) groups excluding carboxylic acids is 1. The molecule has 1 N–H and O–H groups in total. The molecule has 2 aromatic rings. The molecule has 4 nitrogen and oxygen atoms in total. The van der Waals surface area contributed by atoms with Gasteiger partial charge in [0.05, 0.1) is 12.1 Å². The normalized spacial score (nSPS) is 26.5. The topological polar surface area (TPSA) is 47.6 Å². The lowest BCUT2D eigenvalue weighted by molar-refractivity contribution is -0.131. The maximum atomic E-state index is 11.4. The Hall–Kier alpha value is -2.33. The van der Waals surface area contributed by atoms with Crippen LogP contribution in [0.4, 0.5) is 5.69 Å². The Labute approximate surface area is 159 Å². The van der Waals surface area contributed by atoms with Crippen LogP contribution in [0.15, 0.2) is 42.5 Å². The number of esters is 1. The molecule has 1 saturated heterocycles. The third kappa shape index (κ3) is 3.12. The van der Waals surface area contributed by atoms with E-state index in [1.807, 2.05) is 18.2 Å². The van der Waals surface area contributed by atoms with Gasteiger partial charge in [-0.3, -0.25) is 4.79 Å². The third-order valence-corrected chi connectivity index (χ3v) is 6.03. The van der Waals surface area contributed by atoms with Gasteiger partial charge in [0.2, 0.25) is 0 Å². The second-order valence-corrected chi connectivity index (χ2v) is 7.97.